The zero-order valence-corrected chi connectivity index (χ0v) is 11.4. The van der Waals surface area contributed by atoms with E-state index in [0.29, 0.717) is 6.61 Å². The first-order valence-electron chi connectivity index (χ1n) is 6.25. The van der Waals surface area contributed by atoms with Crippen LogP contribution in [0.1, 0.15) is 26.5 Å². The van der Waals surface area contributed by atoms with Crippen LogP contribution in [0.2, 0.25) is 0 Å². The predicted molar refractivity (Wildman–Crippen MR) is 69.6 cm³/mol. The van der Waals surface area contributed by atoms with Gasteiger partial charge in [-0.2, -0.15) is 4.98 Å². The van der Waals surface area contributed by atoms with Gasteiger partial charge in [-0.05, 0) is 6.07 Å². The third kappa shape index (κ3) is 3.74. The molecule has 6 nitrogen and oxygen atoms in total. The van der Waals surface area contributed by atoms with Crippen LogP contribution in [0, 0.1) is 0 Å². The Bertz CT molecular complexity index is 452. The molecular formula is C12H20FN3O3. The van der Waals surface area contributed by atoms with Gasteiger partial charge in [0.1, 0.15) is 12.0 Å². The van der Waals surface area contributed by atoms with Crippen molar-refractivity contribution in [3.63, 3.8) is 0 Å². The molecule has 0 amide bonds. The fourth-order valence-corrected chi connectivity index (χ4v) is 1.86. The van der Waals surface area contributed by atoms with Gasteiger partial charge in [-0.3, -0.25) is 4.57 Å². The number of methoxy groups -OCH3 is 1. The number of alkyl halides is 1. The average Bonchev–Trinajstić information content (AvgIpc) is 2.73. The number of nitrogens with two attached hydrogens (primary N) is 1. The van der Waals surface area contributed by atoms with Gasteiger partial charge in [0.15, 0.2) is 6.23 Å². The molecule has 19 heavy (non-hydrogen) atoms. The number of aromatic nitrogens is 2. The topological polar surface area (TPSA) is 79.4 Å². The Hall–Kier alpha value is -1.47. The second-order valence-corrected chi connectivity index (χ2v) is 3.90. The van der Waals surface area contributed by atoms with Crippen molar-refractivity contribution in [2.45, 2.75) is 38.8 Å². The number of hydrogen-bond acceptors (Lipinski definition) is 5. The van der Waals surface area contributed by atoms with Gasteiger partial charge in [0, 0.05) is 19.7 Å². The summed E-state index contributed by atoms with van der Waals surface area (Å²) in [5.74, 6) is 0.105. The molecule has 0 radical (unpaired) electrons. The van der Waals surface area contributed by atoms with E-state index >= 15 is 0 Å². The summed E-state index contributed by atoms with van der Waals surface area (Å²) in [5.41, 5.74) is 4.74. The van der Waals surface area contributed by atoms with Gasteiger partial charge in [0.25, 0.3) is 0 Å². The minimum absolute atomic E-state index is 0.105. The highest BCUT2D eigenvalue weighted by atomic mass is 19.1. The Morgan fingerprint density at radius 2 is 2.32 bits per heavy atom. The zero-order valence-electron chi connectivity index (χ0n) is 11.4. The van der Waals surface area contributed by atoms with Crippen molar-refractivity contribution < 1.29 is 13.9 Å². The smallest absolute Gasteiger partial charge is 0.351 e. The van der Waals surface area contributed by atoms with Gasteiger partial charge in [0.05, 0.1) is 12.7 Å². The molecule has 1 fully saturated rings. The SMILES string of the molecule is CC.COCC1CC(F)C(n2ccc(N)nc2=O)O1. The largest absolute Gasteiger partial charge is 0.383 e. The Morgan fingerprint density at radius 3 is 2.89 bits per heavy atom. The summed E-state index contributed by atoms with van der Waals surface area (Å²) < 4.78 is 25.1. The summed E-state index contributed by atoms with van der Waals surface area (Å²) in [4.78, 5) is 15.1. The summed E-state index contributed by atoms with van der Waals surface area (Å²) in [6, 6.07) is 1.43. The molecule has 108 valence electrons. The fourth-order valence-electron chi connectivity index (χ4n) is 1.86. The Balaban J connectivity index is 0.000000861. The summed E-state index contributed by atoms with van der Waals surface area (Å²) in [5, 5.41) is 0. The third-order valence-corrected chi connectivity index (χ3v) is 2.61. The van der Waals surface area contributed by atoms with Crippen molar-refractivity contribution in [1.29, 1.82) is 0 Å². The molecule has 0 saturated carbocycles. The van der Waals surface area contributed by atoms with Crippen LogP contribution in [-0.2, 0) is 9.47 Å². The number of rotatable bonds is 3. The van der Waals surface area contributed by atoms with Crippen LogP contribution in [-0.4, -0.2) is 35.5 Å². The number of ether oxygens (including phenoxy) is 2. The van der Waals surface area contributed by atoms with Crippen molar-refractivity contribution in [3.05, 3.63) is 22.7 Å². The second-order valence-electron chi connectivity index (χ2n) is 3.90. The van der Waals surface area contributed by atoms with E-state index in [1.165, 1.54) is 19.4 Å². The molecule has 2 heterocycles. The molecule has 3 atom stereocenters. The van der Waals surface area contributed by atoms with E-state index in [1.54, 1.807) is 0 Å². The molecule has 1 aromatic rings. The molecule has 1 aliphatic rings. The number of halogens is 1. The van der Waals surface area contributed by atoms with Crippen LogP contribution in [0.4, 0.5) is 10.2 Å². The summed E-state index contributed by atoms with van der Waals surface area (Å²) in [6.07, 6.45) is -0.953. The van der Waals surface area contributed by atoms with Crippen LogP contribution < -0.4 is 11.4 Å². The monoisotopic (exact) mass is 273 g/mol. The number of hydrogen-bond donors (Lipinski definition) is 1. The standard InChI is InChI=1S/C10H14FN3O3.C2H6/c1-16-5-6-4-7(11)9(17-6)14-3-2-8(12)13-10(14)15;1-2/h2-3,6-7,9H,4-5H2,1H3,(H2,12,13,15);1-2H3. The van der Waals surface area contributed by atoms with Crippen LogP contribution >= 0.6 is 0 Å². The van der Waals surface area contributed by atoms with Crippen LogP contribution in [0.3, 0.4) is 0 Å². The fraction of sp³-hybridized carbons (Fsp3) is 0.667. The van der Waals surface area contributed by atoms with E-state index in [4.69, 9.17) is 15.2 Å². The van der Waals surface area contributed by atoms with E-state index in [2.05, 4.69) is 4.98 Å². The van der Waals surface area contributed by atoms with Crippen LogP contribution in [0.25, 0.3) is 0 Å². The minimum Gasteiger partial charge on any atom is -0.383 e. The lowest BCUT2D eigenvalue weighted by atomic mass is 10.2. The minimum atomic E-state index is -1.25. The summed E-state index contributed by atoms with van der Waals surface area (Å²) >= 11 is 0. The lowest BCUT2D eigenvalue weighted by molar-refractivity contribution is -0.0462. The summed E-state index contributed by atoms with van der Waals surface area (Å²) in [7, 11) is 1.51. The normalized spacial score (nSPS) is 25.8. The maximum Gasteiger partial charge on any atom is 0.351 e. The van der Waals surface area contributed by atoms with Gasteiger partial charge in [-0.1, -0.05) is 13.8 Å². The first kappa shape index (κ1) is 15.6. The number of nitrogens with zero attached hydrogens (tertiary/aromatic N) is 2. The first-order chi connectivity index (χ1) is 9.11. The molecule has 1 aromatic heterocycles. The zero-order chi connectivity index (χ0) is 14.4. The maximum atomic E-state index is 13.7. The highest BCUT2D eigenvalue weighted by Crippen LogP contribution is 2.30. The van der Waals surface area contributed by atoms with Crippen LogP contribution in [0.15, 0.2) is 17.1 Å². The van der Waals surface area contributed by atoms with E-state index in [-0.39, 0.29) is 18.3 Å². The van der Waals surface area contributed by atoms with Crippen LogP contribution in [0.5, 0.6) is 0 Å². The third-order valence-electron chi connectivity index (χ3n) is 2.61. The highest BCUT2D eigenvalue weighted by Gasteiger charge is 2.37. The first-order valence-corrected chi connectivity index (χ1v) is 6.25. The Kier molecular flexibility index (Phi) is 5.91. The van der Waals surface area contributed by atoms with E-state index in [1.807, 2.05) is 13.8 Å². The van der Waals surface area contributed by atoms with Crippen molar-refractivity contribution >= 4 is 5.82 Å². The maximum absolute atomic E-state index is 13.7. The van der Waals surface area contributed by atoms with Crippen molar-refractivity contribution in [2.75, 3.05) is 19.5 Å². The highest BCUT2D eigenvalue weighted by molar-refractivity contribution is 5.23. The Morgan fingerprint density at radius 1 is 1.63 bits per heavy atom. The van der Waals surface area contributed by atoms with E-state index < -0.39 is 18.1 Å². The van der Waals surface area contributed by atoms with Crippen molar-refractivity contribution in [1.82, 2.24) is 9.55 Å². The molecule has 0 bridgehead atoms. The predicted octanol–water partition coefficient (Wildman–Crippen LogP) is 1.12. The van der Waals surface area contributed by atoms with Gasteiger partial charge >= 0.3 is 5.69 Å². The number of anilines is 1. The number of nitrogen functional groups attached to an aromatic ring is 1. The second kappa shape index (κ2) is 7.20. The molecule has 2 rings (SSSR count). The molecule has 3 unspecified atom stereocenters. The van der Waals surface area contributed by atoms with E-state index in [0.717, 1.165) is 4.57 Å². The molecule has 1 aliphatic heterocycles. The molecule has 7 heteroatoms. The van der Waals surface area contributed by atoms with Crippen molar-refractivity contribution in [2.24, 2.45) is 0 Å². The molecule has 0 aromatic carbocycles. The van der Waals surface area contributed by atoms with Crippen molar-refractivity contribution in [3.8, 4) is 0 Å². The summed E-state index contributed by atoms with van der Waals surface area (Å²) in [6.45, 7) is 4.30. The van der Waals surface area contributed by atoms with Gasteiger partial charge < -0.3 is 15.2 Å². The molecular weight excluding hydrogens is 253 g/mol. The molecule has 0 spiro atoms. The Labute approximate surface area is 111 Å². The lowest BCUT2D eigenvalue weighted by Gasteiger charge is -2.16. The van der Waals surface area contributed by atoms with E-state index in [9.17, 15) is 9.18 Å². The molecule has 2 N–H and O–H groups in total. The lowest BCUT2D eigenvalue weighted by Crippen LogP contribution is -2.30. The van der Waals surface area contributed by atoms with Gasteiger partial charge in [-0.15, -0.1) is 0 Å². The van der Waals surface area contributed by atoms with Gasteiger partial charge in [0.2, 0.25) is 0 Å². The molecule has 0 aliphatic carbocycles. The molecule has 1 saturated heterocycles. The quantitative estimate of drug-likeness (QED) is 0.892. The average molecular weight is 273 g/mol. The van der Waals surface area contributed by atoms with Gasteiger partial charge in [-0.25, -0.2) is 9.18 Å².